The maximum atomic E-state index is 10.8. The summed E-state index contributed by atoms with van der Waals surface area (Å²) in [7, 11) is 0. The van der Waals surface area contributed by atoms with Crippen molar-refractivity contribution in [2.45, 2.75) is 0 Å². The lowest BCUT2D eigenvalue weighted by molar-refractivity contribution is 1.18. The first kappa shape index (κ1) is 29.7. The molecule has 0 aliphatic heterocycles. The van der Waals surface area contributed by atoms with E-state index >= 15 is 0 Å². The Morgan fingerprint density at radius 3 is 1.57 bits per heavy atom. The molecule has 9 rings (SSSR count). The van der Waals surface area contributed by atoms with E-state index in [2.05, 4.69) is 114 Å². The van der Waals surface area contributed by atoms with Crippen molar-refractivity contribution in [3.05, 3.63) is 174 Å². The van der Waals surface area contributed by atoms with Crippen LogP contribution in [0.1, 0.15) is 16.7 Å². The van der Waals surface area contributed by atoms with Crippen LogP contribution in [0.15, 0.2) is 158 Å². The summed E-state index contributed by atoms with van der Waals surface area (Å²) >= 11 is 0. The molecule has 1 heterocycles. The normalized spacial score (nSPS) is 11.1. The van der Waals surface area contributed by atoms with Crippen LogP contribution in [-0.2, 0) is 0 Å². The Labute approximate surface area is 294 Å². The van der Waals surface area contributed by atoms with Crippen LogP contribution in [0.4, 0.5) is 0 Å². The molecule has 0 aliphatic carbocycles. The van der Waals surface area contributed by atoms with Crippen LogP contribution in [0.25, 0.3) is 82.4 Å². The monoisotopic (exact) mass is 646 g/mol. The highest BCUT2D eigenvalue weighted by molar-refractivity contribution is 6.21. The third kappa shape index (κ3) is 4.66. The number of hydrogen-bond donors (Lipinski definition) is 0. The third-order valence-corrected chi connectivity index (χ3v) is 9.88. The van der Waals surface area contributed by atoms with E-state index in [9.17, 15) is 15.8 Å². The lowest BCUT2D eigenvalue weighted by atomic mass is 9.85. The van der Waals surface area contributed by atoms with E-state index in [1.807, 2.05) is 66.7 Å². The fourth-order valence-corrected chi connectivity index (χ4v) is 7.70. The Morgan fingerprint density at radius 1 is 0.373 bits per heavy atom. The Hall–Kier alpha value is -7.45. The van der Waals surface area contributed by atoms with Gasteiger partial charge in [0.05, 0.1) is 51.6 Å². The smallest absolute Gasteiger partial charge is 0.0998 e. The summed E-state index contributed by atoms with van der Waals surface area (Å²) in [4.78, 5) is 0. The van der Waals surface area contributed by atoms with Crippen molar-refractivity contribution in [3.8, 4) is 57.3 Å². The van der Waals surface area contributed by atoms with Crippen LogP contribution in [0.2, 0.25) is 0 Å². The number of rotatable bonds is 4. The highest BCUT2D eigenvalue weighted by Crippen LogP contribution is 2.45. The van der Waals surface area contributed by atoms with Crippen LogP contribution >= 0.6 is 0 Å². The number of aromatic nitrogens is 1. The largest absolute Gasteiger partial charge is 0.309 e. The van der Waals surface area contributed by atoms with Gasteiger partial charge in [-0.1, -0.05) is 109 Å². The van der Waals surface area contributed by atoms with Gasteiger partial charge in [-0.15, -0.1) is 0 Å². The molecular formula is C47H26N4. The fraction of sp³-hybridized carbons (Fsp3) is 0. The van der Waals surface area contributed by atoms with Crippen molar-refractivity contribution >= 4 is 43.4 Å². The zero-order valence-corrected chi connectivity index (χ0v) is 27.3. The molecule has 0 bridgehead atoms. The van der Waals surface area contributed by atoms with Crippen LogP contribution in [-0.4, -0.2) is 4.57 Å². The summed E-state index contributed by atoms with van der Waals surface area (Å²) in [5.41, 5.74) is 10.2. The predicted octanol–water partition coefficient (Wildman–Crippen LogP) is 11.7. The van der Waals surface area contributed by atoms with Gasteiger partial charge in [-0.2, -0.15) is 15.8 Å². The van der Waals surface area contributed by atoms with Crippen molar-refractivity contribution in [3.63, 3.8) is 0 Å². The molecule has 1 aromatic heterocycles. The summed E-state index contributed by atoms with van der Waals surface area (Å²) in [6.45, 7) is 0. The van der Waals surface area contributed by atoms with Crippen molar-refractivity contribution in [2.75, 3.05) is 0 Å². The average Bonchev–Trinajstić information content (AvgIpc) is 3.53. The number of hydrogen-bond acceptors (Lipinski definition) is 3. The Morgan fingerprint density at radius 2 is 0.922 bits per heavy atom. The topological polar surface area (TPSA) is 76.3 Å². The number of para-hydroxylation sites is 1. The first-order chi connectivity index (χ1) is 25.2. The van der Waals surface area contributed by atoms with Gasteiger partial charge in [-0.05, 0) is 92.3 Å². The van der Waals surface area contributed by atoms with E-state index in [0.29, 0.717) is 16.7 Å². The van der Waals surface area contributed by atoms with Crippen LogP contribution in [0, 0.1) is 34.0 Å². The molecule has 4 heteroatoms. The van der Waals surface area contributed by atoms with E-state index in [4.69, 9.17) is 0 Å². The fourth-order valence-electron chi connectivity index (χ4n) is 7.70. The molecule has 234 valence electrons. The molecule has 51 heavy (non-hydrogen) atoms. The van der Waals surface area contributed by atoms with Crippen molar-refractivity contribution in [2.24, 2.45) is 0 Å². The maximum Gasteiger partial charge on any atom is 0.0998 e. The molecule has 0 spiro atoms. The second-order valence-electron chi connectivity index (χ2n) is 12.6. The quantitative estimate of drug-likeness (QED) is 0.179. The van der Waals surface area contributed by atoms with Crippen molar-refractivity contribution in [1.29, 1.82) is 15.8 Å². The highest BCUT2D eigenvalue weighted by Gasteiger charge is 2.21. The van der Waals surface area contributed by atoms with E-state index in [1.54, 1.807) is 0 Å². The summed E-state index contributed by atoms with van der Waals surface area (Å²) in [6, 6.07) is 60.1. The lowest BCUT2D eigenvalue weighted by Crippen LogP contribution is -1.99. The molecule has 0 unspecified atom stereocenters. The second-order valence-corrected chi connectivity index (χ2v) is 12.6. The average molecular weight is 647 g/mol. The molecule has 4 nitrogen and oxygen atoms in total. The van der Waals surface area contributed by atoms with Gasteiger partial charge in [-0.25, -0.2) is 0 Å². The van der Waals surface area contributed by atoms with E-state index in [0.717, 1.165) is 76.9 Å². The van der Waals surface area contributed by atoms with Gasteiger partial charge < -0.3 is 4.57 Å². The molecule has 0 saturated heterocycles. The highest BCUT2D eigenvalue weighted by atomic mass is 15.0. The Bertz CT molecular complexity index is 2940. The van der Waals surface area contributed by atoms with Crippen LogP contribution < -0.4 is 0 Å². The molecule has 0 aliphatic rings. The molecule has 0 amide bonds. The van der Waals surface area contributed by atoms with Crippen molar-refractivity contribution < 1.29 is 0 Å². The van der Waals surface area contributed by atoms with Gasteiger partial charge in [0, 0.05) is 21.9 Å². The van der Waals surface area contributed by atoms with Gasteiger partial charge in [0.15, 0.2) is 0 Å². The lowest BCUT2D eigenvalue weighted by Gasteiger charge is -2.19. The van der Waals surface area contributed by atoms with E-state index < -0.39 is 0 Å². The molecule has 0 radical (unpaired) electrons. The Kier molecular flexibility index (Phi) is 6.93. The molecule has 8 aromatic carbocycles. The van der Waals surface area contributed by atoms with Crippen LogP contribution in [0.5, 0.6) is 0 Å². The van der Waals surface area contributed by atoms with Gasteiger partial charge in [0.2, 0.25) is 0 Å². The standard InChI is InChI=1S/C47H26N4/c48-27-30-18-22-44(51-43-17-9-8-12-36(43)42-25-31(28-49)19-23-45(42)51)41(24-30)35-21-20-33(26-34(35)29-50)47-39-15-6-4-13-37(39)46(32-10-2-1-3-11-32)38-14-5-7-16-40(38)47/h1-26H. The summed E-state index contributed by atoms with van der Waals surface area (Å²) in [5.74, 6) is 0. The minimum absolute atomic E-state index is 0.503. The molecular weight excluding hydrogens is 621 g/mol. The summed E-state index contributed by atoms with van der Waals surface area (Å²) in [5, 5.41) is 36.9. The van der Waals surface area contributed by atoms with Crippen LogP contribution in [0.3, 0.4) is 0 Å². The molecule has 0 atom stereocenters. The van der Waals surface area contributed by atoms with E-state index in [-0.39, 0.29) is 0 Å². The zero-order chi connectivity index (χ0) is 34.5. The Balaban J connectivity index is 1.31. The number of benzene rings is 8. The summed E-state index contributed by atoms with van der Waals surface area (Å²) in [6.07, 6.45) is 0. The van der Waals surface area contributed by atoms with Crippen molar-refractivity contribution in [1.82, 2.24) is 4.57 Å². The molecule has 9 aromatic rings. The van der Waals surface area contributed by atoms with Gasteiger partial charge in [0.25, 0.3) is 0 Å². The number of nitrogens with zero attached hydrogens (tertiary/aromatic N) is 4. The SMILES string of the molecule is N#Cc1ccc(-n2c3ccccc3c3cc(C#N)ccc32)c(-c2ccc(-c3c4ccccc4c(-c4ccccc4)c4ccccc34)cc2C#N)c1. The minimum atomic E-state index is 0.503. The maximum absolute atomic E-state index is 10.8. The minimum Gasteiger partial charge on any atom is -0.309 e. The molecule has 0 fully saturated rings. The molecule has 0 N–H and O–H groups in total. The molecule has 0 saturated carbocycles. The van der Waals surface area contributed by atoms with Gasteiger partial charge in [-0.3, -0.25) is 0 Å². The third-order valence-electron chi connectivity index (χ3n) is 9.88. The zero-order valence-electron chi connectivity index (χ0n) is 27.3. The predicted molar refractivity (Wildman–Crippen MR) is 206 cm³/mol. The number of nitriles is 3. The van der Waals surface area contributed by atoms with Gasteiger partial charge >= 0.3 is 0 Å². The first-order valence-electron chi connectivity index (χ1n) is 16.7. The first-order valence-corrected chi connectivity index (χ1v) is 16.7. The van der Waals surface area contributed by atoms with E-state index in [1.165, 1.54) is 5.56 Å². The number of fused-ring (bicyclic) bond motifs is 5. The summed E-state index contributed by atoms with van der Waals surface area (Å²) < 4.78 is 2.17. The second kappa shape index (κ2) is 11.9. The van der Waals surface area contributed by atoms with Gasteiger partial charge in [0.1, 0.15) is 0 Å².